The summed E-state index contributed by atoms with van der Waals surface area (Å²) in [5.41, 5.74) is 6.29. The molecule has 50 valence electrons. The van der Waals surface area contributed by atoms with E-state index in [2.05, 4.69) is 16.8 Å². The number of hydrogen-bond donors (Lipinski definition) is 1. The summed E-state index contributed by atoms with van der Waals surface area (Å²) in [5, 5.41) is 0. The molecule has 0 fully saturated rings. The summed E-state index contributed by atoms with van der Waals surface area (Å²) < 4.78 is 0. The minimum absolute atomic E-state index is 0.497. The van der Waals surface area contributed by atoms with Gasteiger partial charge in [-0.1, -0.05) is 5.92 Å². The SMILES string of the molecule is CC#Cc1cccnc1N. The monoisotopic (exact) mass is 132 g/mol. The van der Waals surface area contributed by atoms with E-state index in [9.17, 15) is 0 Å². The van der Waals surface area contributed by atoms with Crippen LogP contribution in [0.4, 0.5) is 5.82 Å². The summed E-state index contributed by atoms with van der Waals surface area (Å²) in [4.78, 5) is 3.87. The molecule has 0 amide bonds. The lowest BCUT2D eigenvalue weighted by Gasteiger charge is -1.92. The summed E-state index contributed by atoms with van der Waals surface area (Å²) in [6.07, 6.45) is 1.65. The number of hydrogen-bond acceptors (Lipinski definition) is 2. The first kappa shape index (κ1) is 6.63. The number of rotatable bonds is 0. The third-order valence-electron chi connectivity index (χ3n) is 1.10. The Morgan fingerprint density at radius 2 is 2.40 bits per heavy atom. The molecule has 0 bridgehead atoms. The fourth-order valence-electron chi connectivity index (χ4n) is 0.658. The first-order valence-corrected chi connectivity index (χ1v) is 2.98. The number of nitrogen functional groups attached to an aromatic ring is 1. The zero-order valence-corrected chi connectivity index (χ0v) is 5.76. The molecular formula is C8H8N2. The Balaban J connectivity index is 3.11. The van der Waals surface area contributed by atoms with E-state index in [0.29, 0.717) is 5.82 Å². The van der Waals surface area contributed by atoms with Crippen molar-refractivity contribution in [1.82, 2.24) is 4.98 Å². The van der Waals surface area contributed by atoms with Crippen LogP contribution in [0.5, 0.6) is 0 Å². The summed E-state index contributed by atoms with van der Waals surface area (Å²) in [6.45, 7) is 1.77. The highest BCUT2D eigenvalue weighted by Crippen LogP contribution is 2.03. The molecule has 0 unspecified atom stereocenters. The molecule has 1 heterocycles. The minimum Gasteiger partial charge on any atom is -0.383 e. The van der Waals surface area contributed by atoms with Crippen molar-refractivity contribution in [3.8, 4) is 11.8 Å². The van der Waals surface area contributed by atoms with Gasteiger partial charge in [-0.05, 0) is 19.1 Å². The van der Waals surface area contributed by atoms with Crippen LogP contribution in [0.25, 0.3) is 0 Å². The summed E-state index contributed by atoms with van der Waals surface area (Å²) in [6, 6.07) is 3.66. The van der Waals surface area contributed by atoms with Crippen LogP contribution in [-0.4, -0.2) is 4.98 Å². The Labute approximate surface area is 60.1 Å². The summed E-state index contributed by atoms with van der Waals surface area (Å²) in [5.74, 6) is 6.09. The number of pyridine rings is 1. The Morgan fingerprint density at radius 1 is 1.60 bits per heavy atom. The van der Waals surface area contributed by atoms with E-state index >= 15 is 0 Å². The average molecular weight is 132 g/mol. The fraction of sp³-hybridized carbons (Fsp3) is 0.125. The highest BCUT2D eigenvalue weighted by molar-refractivity contribution is 5.49. The lowest BCUT2D eigenvalue weighted by Crippen LogP contribution is -1.92. The van der Waals surface area contributed by atoms with Crippen LogP contribution in [0.2, 0.25) is 0 Å². The highest BCUT2D eigenvalue weighted by atomic mass is 14.8. The van der Waals surface area contributed by atoms with E-state index in [1.165, 1.54) is 0 Å². The van der Waals surface area contributed by atoms with Gasteiger partial charge in [0, 0.05) is 6.20 Å². The van der Waals surface area contributed by atoms with Crippen molar-refractivity contribution in [3.05, 3.63) is 23.9 Å². The molecular weight excluding hydrogens is 124 g/mol. The molecule has 0 aromatic carbocycles. The number of nitrogens with two attached hydrogens (primary N) is 1. The number of nitrogens with zero attached hydrogens (tertiary/aromatic N) is 1. The predicted molar refractivity (Wildman–Crippen MR) is 41.2 cm³/mol. The molecule has 10 heavy (non-hydrogen) atoms. The largest absolute Gasteiger partial charge is 0.383 e. The van der Waals surface area contributed by atoms with Gasteiger partial charge in [0.1, 0.15) is 5.82 Å². The van der Waals surface area contributed by atoms with Crippen LogP contribution >= 0.6 is 0 Å². The summed E-state index contributed by atoms with van der Waals surface area (Å²) in [7, 11) is 0. The first-order valence-electron chi connectivity index (χ1n) is 2.98. The first-order chi connectivity index (χ1) is 4.84. The minimum atomic E-state index is 0.497. The molecule has 0 saturated carbocycles. The van der Waals surface area contributed by atoms with Crippen LogP contribution in [0.1, 0.15) is 12.5 Å². The van der Waals surface area contributed by atoms with Gasteiger partial charge in [-0.15, -0.1) is 5.92 Å². The van der Waals surface area contributed by atoms with Crippen LogP contribution in [0.3, 0.4) is 0 Å². The Bertz CT molecular complexity index is 281. The molecule has 2 N–H and O–H groups in total. The van der Waals surface area contributed by atoms with Gasteiger partial charge in [0.05, 0.1) is 5.56 Å². The smallest absolute Gasteiger partial charge is 0.139 e. The third kappa shape index (κ3) is 1.26. The molecule has 1 aromatic rings. The molecule has 0 spiro atoms. The van der Waals surface area contributed by atoms with Gasteiger partial charge < -0.3 is 5.73 Å². The van der Waals surface area contributed by atoms with E-state index in [1.54, 1.807) is 13.1 Å². The number of aromatic nitrogens is 1. The second-order valence-corrected chi connectivity index (χ2v) is 1.81. The van der Waals surface area contributed by atoms with E-state index in [1.807, 2.05) is 12.1 Å². The highest BCUT2D eigenvalue weighted by Gasteiger charge is 1.90. The molecule has 0 atom stereocenters. The lowest BCUT2D eigenvalue weighted by molar-refractivity contribution is 1.32. The van der Waals surface area contributed by atoms with E-state index in [4.69, 9.17) is 5.73 Å². The second-order valence-electron chi connectivity index (χ2n) is 1.81. The van der Waals surface area contributed by atoms with Crippen molar-refractivity contribution in [2.24, 2.45) is 0 Å². The van der Waals surface area contributed by atoms with Gasteiger partial charge in [0.15, 0.2) is 0 Å². The van der Waals surface area contributed by atoms with Crippen molar-refractivity contribution in [1.29, 1.82) is 0 Å². The van der Waals surface area contributed by atoms with Crippen LogP contribution in [-0.2, 0) is 0 Å². The molecule has 0 radical (unpaired) electrons. The van der Waals surface area contributed by atoms with Crippen LogP contribution < -0.4 is 5.73 Å². The molecule has 1 rings (SSSR count). The quantitative estimate of drug-likeness (QED) is 0.535. The standard InChI is InChI=1S/C8H8N2/c1-2-4-7-5-3-6-10-8(7)9/h3,5-6H,1H3,(H2,9,10). The van der Waals surface area contributed by atoms with Gasteiger partial charge in [0.2, 0.25) is 0 Å². The molecule has 1 aromatic heterocycles. The molecule has 0 aliphatic rings. The van der Waals surface area contributed by atoms with Crippen molar-refractivity contribution < 1.29 is 0 Å². The normalized spacial score (nSPS) is 8.10. The van der Waals surface area contributed by atoms with E-state index in [-0.39, 0.29) is 0 Å². The van der Waals surface area contributed by atoms with Gasteiger partial charge in [0.25, 0.3) is 0 Å². The summed E-state index contributed by atoms with van der Waals surface area (Å²) >= 11 is 0. The Kier molecular flexibility index (Phi) is 1.91. The van der Waals surface area contributed by atoms with Gasteiger partial charge in [-0.25, -0.2) is 4.98 Å². The van der Waals surface area contributed by atoms with Gasteiger partial charge in [-0.3, -0.25) is 0 Å². The van der Waals surface area contributed by atoms with E-state index in [0.717, 1.165) is 5.56 Å². The Hall–Kier alpha value is -1.49. The molecule has 2 nitrogen and oxygen atoms in total. The second kappa shape index (κ2) is 2.88. The predicted octanol–water partition coefficient (Wildman–Crippen LogP) is 1.04. The molecule has 0 aliphatic heterocycles. The zero-order valence-electron chi connectivity index (χ0n) is 5.76. The van der Waals surface area contributed by atoms with Gasteiger partial charge >= 0.3 is 0 Å². The maximum Gasteiger partial charge on any atom is 0.139 e. The van der Waals surface area contributed by atoms with Crippen LogP contribution in [0, 0.1) is 11.8 Å². The molecule has 0 saturated heterocycles. The van der Waals surface area contributed by atoms with Crippen LogP contribution in [0.15, 0.2) is 18.3 Å². The topological polar surface area (TPSA) is 38.9 Å². The molecule has 2 heteroatoms. The van der Waals surface area contributed by atoms with Crippen molar-refractivity contribution in [2.75, 3.05) is 5.73 Å². The maximum atomic E-state index is 5.49. The lowest BCUT2D eigenvalue weighted by atomic mass is 10.2. The third-order valence-corrected chi connectivity index (χ3v) is 1.10. The Morgan fingerprint density at radius 3 is 3.00 bits per heavy atom. The fourth-order valence-corrected chi connectivity index (χ4v) is 0.658. The average Bonchev–Trinajstić information content (AvgIpc) is 1.94. The van der Waals surface area contributed by atoms with Gasteiger partial charge in [-0.2, -0.15) is 0 Å². The zero-order chi connectivity index (χ0) is 7.40. The van der Waals surface area contributed by atoms with Crippen molar-refractivity contribution in [3.63, 3.8) is 0 Å². The van der Waals surface area contributed by atoms with Crippen molar-refractivity contribution in [2.45, 2.75) is 6.92 Å². The molecule has 0 aliphatic carbocycles. The van der Waals surface area contributed by atoms with E-state index < -0.39 is 0 Å². The van der Waals surface area contributed by atoms with Crippen molar-refractivity contribution >= 4 is 5.82 Å². The maximum absolute atomic E-state index is 5.49. The number of anilines is 1.